The topological polar surface area (TPSA) is 83.6 Å². The molecule has 120 valence electrons. The predicted octanol–water partition coefficient (Wildman–Crippen LogP) is 1.42. The molecule has 0 bridgehead atoms. The zero-order chi connectivity index (χ0) is 16.3. The Hall–Kier alpha value is -1.41. The number of benzene rings is 1. The van der Waals surface area contributed by atoms with Crippen LogP contribution in [0.15, 0.2) is 28.7 Å². The zero-order valence-electron chi connectivity index (χ0n) is 12.1. The maximum atomic E-state index is 12.1. The smallest absolute Gasteiger partial charge is 0.233 e. The number of anilines is 1. The molecule has 1 N–H and O–H groups in total. The van der Waals surface area contributed by atoms with E-state index >= 15 is 0 Å². The Morgan fingerprint density at radius 1 is 1.41 bits per heavy atom. The highest BCUT2D eigenvalue weighted by atomic mass is 79.9. The Morgan fingerprint density at radius 3 is 2.73 bits per heavy atom. The van der Waals surface area contributed by atoms with E-state index in [4.69, 9.17) is 0 Å². The van der Waals surface area contributed by atoms with Crippen LogP contribution in [0.5, 0.6) is 0 Å². The summed E-state index contributed by atoms with van der Waals surface area (Å²) < 4.78 is 23.7. The van der Waals surface area contributed by atoms with Gasteiger partial charge in [-0.3, -0.25) is 9.59 Å². The predicted molar refractivity (Wildman–Crippen MR) is 87.2 cm³/mol. The van der Waals surface area contributed by atoms with Crippen molar-refractivity contribution in [2.75, 3.05) is 23.9 Å². The monoisotopic (exact) mass is 388 g/mol. The first-order valence-electron chi connectivity index (χ1n) is 6.78. The highest BCUT2D eigenvalue weighted by Crippen LogP contribution is 2.18. The summed E-state index contributed by atoms with van der Waals surface area (Å²) in [4.78, 5) is 25.3. The Morgan fingerprint density at radius 2 is 2.14 bits per heavy atom. The number of hydrogen-bond donors (Lipinski definition) is 1. The largest absolute Gasteiger partial charge is 0.341 e. The molecule has 1 aromatic rings. The van der Waals surface area contributed by atoms with Crippen molar-refractivity contribution in [2.24, 2.45) is 0 Å². The van der Waals surface area contributed by atoms with E-state index in [0.29, 0.717) is 12.1 Å². The number of nitrogens with one attached hydrogen (secondary N) is 1. The highest BCUT2D eigenvalue weighted by Gasteiger charge is 2.33. The molecular formula is C14H17BrN2O4S. The van der Waals surface area contributed by atoms with Gasteiger partial charge in [-0.25, -0.2) is 8.42 Å². The van der Waals surface area contributed by atoms with E-state index < -0.39 is 15.7 Å². The second kappa shape index (κ2) is 6.78. The number of rotatable bonds is 4. The summed E-state index contributed by atoms with van der Waals surface area (Å²) in [6, 6.07) is 6.72. The van der Waals surface area contributed by atoms with Gasteiger partial charge in [-0.15, -0.1) is 0 Å². The van der Waals surface area contributed by atoms with E-state index in [1.54, 1.807) is 25.2 Å². The molecule has 1 saturated heterocycles. The van der Waals surface area contributed by atoms with Crippen molar-refractivity contribution in [1.29, 1.82) is 0 Å². The highest BCUT2D eigenvalue weighted by molar-refractivity contribution is 9.10. The molecule has 1 unspecified atom stereocenters. The van der Waals surface area contributed by atoms with Gasteiger partial charge in [-0.1, -0.05) is 22.0 Å². The standard InChI is InChI=1S/C14H17BrN2O4S/c1-17(12-5-6-22(20,21)9-12)14(19)8-13(18)16-11-4-2-3-10(15)7-11/h2-4,7,12H,5-6,8-9H2,1H3,(H,16,18). The van der Waals surface area contributed by atoms with Gasteiger partial charge >= 0.3 is 0 Å². The molecule has 1 heterocycles. The molecule has 1 aromatic carbocycles. The quantitative estimate of drug-likeness (QED) is 0.790. The van der Waals surface area contributed by atoms with E-state index in [-0.39, 0.29) is 29.9 Å². The fourth-order valence-electron chi connectivity index (χ4n) is 2.32. The minimum atomic E-state index is -3.06. The third-order valence-corrected chi connectivity index (χ3v) is 5.81. The van der Waals surface area contributed by atoms with E-state index in [1.807, 2.05) is 6.07 Å². The van der Waals surface area contributed by atoms with Crippen LogP contribution in [-0.4, -0.2) is 49.7 Å². The first-order chi connectivity index (χ1) is 10.3. The van der Waals surface area contributed by atoms with Crippen molar-refractivity contribution in [2.45, 2.75) is 18.9 Å². The summed E-state index contributed by atoms with van der Waals surface area (Å²) in [6.07, 6.45) is 0.122. The van der Waals surface area contributed by atoms with Crippen molar-refractivity contribution in [1.82, 2.24) is 4.90 Å². The van der Waals surface area contributed by atoms with Crippen molar-refractivity contribution < 1.29 is 18.0 Å². The molecule has 1 aliphatic heterocycles. The first-order valence-corrected chi connectivity index (χ1v) is 9.40. The minimum absolute atomic E-state index is 0.0253. The lowest BCUT2D eigenvalue weighted by Gasteiger charge is -2.23. The molecule has 2 rings (SSSR count). The molecule has 8 heteroatoms. The number of sulfone groups is 1. The summed E-state index contributed by atoms with van der Waals surface area (Å²) in [6.45, 7) is 0. The maximum absolute atomic E-state index is 12.1. The SMILES string of the molecule is CN(C(=O)CC(=O)Nc1cccc(Br)c1)C1CCS(=O)(=O)C1. The summed E-state index contributed by atoms with van der Waals surface area (Å²) in [5.41, 5.74) is 0.596. The average molecular weight is 389 g/mol. The van der Waals surface area contributed by atoms with Gasteiger partial charge < -0.3 is 10.2 Å². The van der Waals surface area contributed by atoms with Gasteiger partial charge in [0.05, 0.1) is 11.5 Å². The number of amides is 2. The van der Waals surface area contributed by atoms with Crippen LogP contribution in [0, 0.1) is 0 Å². The van der Waals surface area contributed by atoms with Gasteiger partial charge in [0.1, 0.15) is 6.42 Å². The van der Waals surface area contributed by atoms with Crippen LogP contribution in [0.4, 0.5) is 5.69 Å². The molecule has 6 nitrogen and oxygen atoms in total. The summed E-state index contributed by atoms with van der Waals surface area (Å²) in [5, 5.41) is 2.64. The van der Waals surface area contributed by atoms with Crippen molar-refractivity contribution in [3.63, 3.8) is 0 Å². The van der Waals surface area contributed by atoms with E-state index in [9.17, 15) is 18.0 Å². The van der Waals surface area contributed by atoms with Crippen LogP contribution < -0.4 is 5.32 Å². The Bertz CT molecular complexity index is 690. The zero-order valence-corrected chi connectivity index (χ0v) is 14.5. The average Bonchev–Trinajstić information content (AvgIpc) is 2.78. The van der Waals surface area contributed by atoms with Crippen LogP contribution >= 0.6 is 15.9 Å². The fraction of sp³-hybridized carbons (Fsp3) is 0.429. The molecular weight excluding hydrogens is 372 g/mol. The molecule has 22 heavy (non-hydrogen) atoms. The van der Waals surface area contributed by atoms with Gasteiger partial charge in [0.15, 0.2) is 9.84 Å². The number of hydrogen-bond acceptors (Lipinski definition) is 4. The molecule has 1 atom stereocenters. The molecule has 0 aromatic heterocycles. The number of nitrogens with zero attached hydrogens (tertiary/aromatic N) is 1. The lowest BCUT2D eigenvalue weighted by molar-refractivity contribution is -0.134. The molecule has 0 spiro atoms. The number of carbonyl (C=O) groups excluding carboxylic acids is 2. The Kier molecular flexibility index (Phi) is 5.23. The van der Waals surface area contributed by atoms with Gasteiger partial charge in [-0.2, -0.15) is 0 Å². The number of halogens is 1. The van der Waals surface area contributed by atoms with Crippen molar-refractivity contribution >= 4 is 43.3 Å². The van der Waals surface area contributed by atoms with Crippen molar-refractivity contribution in [3.05, 3.63) is 28.7 Å². The van der Waals surface area contributed by atoms with Crippen LogP contribution in [0.2, 0.25) is 0 Å². The maximum Gasteiger partial charge on any atom is 0.233 e. The molecule has 0 radical (unpaired) electrons. The Balaban J connectivity index is 1.90. The third-order valence-electron chi connectivity index (χ3n) is 3.57. The van der Waals surface area contributed by atoms with Gasteiger partial charge in [-0.05, 0) is 24.6 Å². The van der Waals surface area contributed by atoms with Gasteiger partial charge in [0.25, 0.3) is 0 Å². The normalized spacial score (nSPS) is 19.6. The van der Waals surface area contributed by atoms with Crippen molar-refractivity contribution in [3.8, 4) is 0 Å². The molecule has 1 aliphatic rings. The Labute approximate surface area is 137 Å². The second-order valence-corrected chi connectivity index (χ2v) is 8.44. The second-order valence-electron chi connectivity index (χ2n) is 5.30. The summed E-state index contributed by atoms with van der Waals surface area (Å²) in [7, 11) is -1.51. The summed E-state index contributed by atoms with van der Waals surface area (Å²) >= 11 is 3.30. The van der Waals surface area contributed by atoms with Crippen LogP contribution in [-0.2, 0) is 19.4 Å². The van der Waals surface area contributed by atoms with Crippen LogP contribution in [0.3, 0.4) is 0 Å². The van der Waals surface area contributed by atoms with E-state index in [2.05, 4.69) is 21.2 Å². The van der Waals surface area contributed by atoms with E-state index in [0.717, 1.165) is 4.47 Å². The lowest BCUT2D eigenvalue weighted by Crippen LogP contribution is -2.39. The van der Waals surface area contributed by atoms with E-state index in [1.165, 1.54) is 4.90 Å². The summed E-state index contributed by atoms with van der Waals surface area (Å²) in [5.74, 6) is -0.729. The first kappa shape index (κ1) is 17.0. The molecule has 2 amide bonds. The van der Waals surface area contributed by atoms with Gasteiger partial charge in [0.2, 0.25) is 11.8 Å². The molecule has 1 fully saturated rings. The molecule has 0 aliphatic carbocycles. The lowest BCUT2D eigenvalue weighted by atomic mass is 10.2. The van der Waals surface area contributed by atoms with Crippen LogP contribution in [0.1, 0.15) is 12.8 Å². The molecule has 0 saturated carbocycles. The third kappa shape index (κ3) is 4.54. The fourth-order valence-corrected chi connectivity index (χ4v) is 4.49. The number of carbonyl (C=O) groups is 2. The van der Waals surface area contributed by atoms with Crippen LogP contribution in [0.25, 0.3) is 0 Å². The minimum Gasteiger partial charge on any atom is -0.341 e. The van der Waals surface area contributed by atoms with Gasteiger partial charge in [0, 0.05) is 23.2 Å².